The average molecular weight is 502 g/mol. The normalized spacial score (nSPS) is 11.3. The van der Waals surface area contributed by atoms with Crippen molar-refractivity contribution in [2.75, 3.05) is 11.9 Å². The summed E-state index contributed by atoms with van der Waals surface area (Å²) in [4.78, 5) is 31.6. The Bertz CT molecular complexity index is 1260. The molecule has 0 aliphatic carbocycles. The van der Waals surface area contributed by atoms with Crippen LogP contribution in [0.25, 0.3) is 11.3 Å². The van der Waals surface area contributed by atoms with E-state index in [1.165, 1.54) is 19.1 Å². The molecule has 1 heterocycles. The van der Waals surface area contributed by atoms with Crippen LogP contribution >= 0.6 is 11.6 Å². The number of amides is 1. The van der Waals surface area contributed by atoms with Crippen molar-refractivity contribution in [3.05, 3.63) is 70.1 Å². The number of halogens is 6. The Morgan fingerprint density at radius 3 is 2.50 bits per heavy atom. The smallest absolute Gasteiger partial charge is 0.422 e. The minimum absolute atomic E-state index is 0.0166. The molecule has 0 saturated carbocycles. The molecule has 0 aliphatic rings. The molecular formula is C21H13ClF5N3O4. The van der Waals surface area contributed by atoms with Gasteiger partial charge in [0.1, 0.15) is 17.4 Å². The van der Waals surface area contributed by atoms with Gasteiger partial charge in [0.15, 0.2) is 12.3 Å². The number of aryl methyl sites for hydroxylation is 1. The van der Waals surface area contributed by atoms with Crippen LogP contribution in [-0.4, -0.2) is 39.7 Å². The van der Waals surface area contributed by atoms with Gasteiger partial charge in [0.2, 0.25) is 0 Å². The zero-order valence-electron chi connectivity index (χ0n) is 17.0. The second-order valence-electron chi connectivity index (χ2n) is 6.78. The van der Waals surface area contributed by atoms with Gasteiger partial charge in [0, 0.05) is 5.56 Å². The number of carbonyl (C=O) groups is 2. The van der Waals surface area contributed by atoms with Gasteiger partial charge in [-0.25, -0.2) is 18.6 Å². The third-order valence-corrected chi connectivity index (χ3v) is 4.66. The molecule has 2 aromatic carbocycles. The lowest BCUT2D eigenvalue weighted by atomic mass is 10.1. The van der Waals surface area contributed by atoms with Gasteiger partial charge >= 0.3 is 12.1 Å². The molecule has 0 saturated heterocycles. The van der Waals surface area contributed by atoms with Gasteiger partial charge in [-0.1, -0.05) is 17.7 Å². The summed E-state index contributed by atoms with van der Waals surface area (Å²) in [6.45, 7) is -0.492. The Kier molecular flexibility index (Phi) is 7.01. The number of anilines is 1. The number of hydrogen-bond donors (Lipinski definition) is 2. The minimum atomic E-state index is -4.81. The van der Waals surface area contributed by atoms with Gasteiger partial charge in [-0.15, -0.1) is 0 Å². The summed E-state index contributed by atoms with van der Waals surface area (Å²) in [7, 11) is 0. The maximum atomic E-state index is 14.9. The highest BCUT2D eigenvalue weighted by Gasteiger charge is 2.30. The fourth-order valence-corrected chi connectivity index (χ4v) is 3.00. The van der Waals surface area contributed by atoms with Crippen molar-refractivity contribution in [1.29, 1.82) is 0 Å². The summed E-state index contributed by atoms with van der Waals surface area (Å²) in [5, 5.41) is 11.1. The lowest BCUT2D eigenvalue weighted by molar-refractivity contribution is -0.153. The van der Waals surface area contributed by atoms with E-state index >= 15 is 0 Å². The van der Waals surface area contributed by atoms with Crippen molar-refractivity contribution < 1.29 is 41.4 Å². The van der Waals surface area contributed by atoms with Crippen LogP contribution in [0.4, 0.5) is 27.6 Å². The first-order valence-corrected chi connectivity index (χ1v) is 9.61. The molecule has 3 aromatic rings. The number of benzene rings is 2. The van der Waals surface area contributed by atoms with E-state index in [9.17, 15) is 36.6 Å². The Morgan fingerprint density at radius 1 is 1.18 bits per heavy atom. The SMILES string of the molecule is Cc1ncc(-c2cc(OCC(F)(F)F)c(C(=O)Nc3c(F)cccc3Cl)cc2F)nc1C(=O)O. The minimum Gasteiger partial charge on any atom is -0.483 e. The number of nitrogens with zero attached hydrogens (tertiary/aromatic N) is 2. The highest BCUT2D eigenvalue weighted by Crippen LogP contribution is 2.33. The van der Waals surface area contributed by atoms with Crippen LogP contribution in [0.3, 0.4) is 0 Å². The summed E-state index contributed by atoms with van der Waals surface area (Å²) in [5.41, 5.74) is -2.48. The lowest BCUT2D eigenvalue weighted by Gasteiger charge is -2.16. The van der Waals surface area contributed by atoms with Gasteiger partial charge < -0.3 is 15.2 Å². The first-order chi connectivity index (χ1) is 15.9. The van der Waals surface area contributed by atoms with Gasteiger partial charge in [-0.05, 0) is 31.2 Å². The number of nitrogens with one attached hydrogen (secondary N) is 1. The molecule has 34 heavy (non-hydrogen) atoms. The van der Waals surface area contributed by atoms with E-state index in [0.29, 0.717) is 6.07 Å². The van der Waals surface area contributed by atoms with Crippen molar-refractivity contribution in [3.63, 3.8) is 0 Å². The molecule has 0 unspecified atom stereocenters. The average Bonchev–Trinajstić information content (AvgIpc) is 2.75. The summed E-state index contributed by atoms with van der Waals surface area (Å²) in [6, 6.07) is 4.77. The fraction of sp³-hybridized carbons (Fsp3) is 0.143. The number of para-hydroxylation sites is 1. The van der Waals surface area contributed by atoms with Crippen LogP contribution in [0.2, 0.25) is 5.02 Å². The Labute approximate surface area is 193 Å². The monoisotopic (exact) mass is 501 g/mol. The molecule has 0 atom stereocenters. The van der Waals surface area contributed by atoms with Crippen LogP contribution in [0.15, 0.2) is 36.5 Å². The van der Waals surface area contributed by atoms with Crippen LogP contribution in [0, 0.1) is 18.6 Å². The quantitative estimate of drug-likeness (QED) is 0.446. The van der Waals surface area contributed by atoms with Crippen LogP contribution in [0.1, 0.15) is 26.5 Å². The topological polar surface area (TPSA) is 101 Å². The molecule has 0 aliphatic heterocycles. The van der Waals surface area contributed by atoms with Crippen LogP contribution < -0.4 is 10.1 Å². The fourth-order valence-electron chi connectivity index (χ4n) is 2.79. The molecule has 7 nitrogen and oxygen atoms in total. The molecule has 0 radical (unpaired) electrons. The Balaban J connectivity index is 2.09. The number of aromatic nitrogens is 2. The third-order valence-electron chi connectivity index (χ3n) is 4.34. The molecular weight excluding hydrogens is 489 g/mol. The Morgan fingerprint density at radius 2 is 1.88 bits per heavy atom. The molecule has 3 rings (SSSR count). The highest BCUT2D eigenvalue weighted by atomic mass is 35.5. The second-order valence-corrected chi connectivity index (χ2v) is 7.18. The molecule has 0 bridgehead atoms. The third kappa shape index (κ3) is 5.57. The highest BCUT2D eigenvalue weighted by molar-refractivity contribution is 6.34. The predicted molar refractivity (Wildman–Crippen MR) is 110 cm³/mol. The number of carboxylic acids is 1. The number of rotatable bonds is 6. The van der Waals surface area contributed by atoms with Crippen molar-refractivity contribution in [2.24, 2.45) is 0 Å². The van der Waals surface area contributed by atoms with Crippen molar-refractivity contribution in [2.45, 2.75) is 13.1 Å². The maximum absolute atomic E-state index is 14.9. The van der Waals surface area contributed by atoms with Crippen LogP contribution in [0.5, 0.6) is 5.75 Å². The molecule has 1 aromatic heterocycles. The van der Waals surface area contributed by atoms with Gasteiger partial charge in [0.25, 0.3) is 5.91 Å². The van der Waals surface area contributed by atoms with E-state index < -0.39 is 64.6 Å². The van der Waals surface area contributed by atoms with Crippen molar-refractivity contribution in [1.82, 2.24) is 9.97 Å². The number of alkyl halides is 3. The first-order valence-electron chi connectivity index (χ1n) is 9.23. The van der Waals surface area contributed by atoms with Gasteiger partial charge in [-0.3, -0.25) is 9.78 Å². The Hall–Kier alpha value is -3.80. The van der Waals surface area contributed by atoms with E-state index in [4.69, 9.17) is 16.3 Å². The van der Waals surface area contributed by atoms with Gasteiger partial charge in [-0.2, -0.15) is 13.2 Å². The number of carboxylic acid groups (broad SMARTS) is 1. The molecule has 0 spiro atoms. The largest absolute Gasteiger partial charge is 0.483 e. The van der Waals surface area contributed by atoms with Gasteiger partial charge in [0.05, 0.1) is 33.9 Å². The lowest BCUT2D eigenvalue weighted by Crippen LogP contribution is -2.22. The predicted octanol–water partition coefficient (Wildman–Crippen LogP) is 5.28. The summed E-state index contributed by atoms with van der Waals surface area (Å²) in [6.07, 6.45) is -3.80. The number of ether oxygens (including phenoxy) is 1. The zero-order chi connectivity index (χ0) is 25.2. The number of aromatic carboxylic acids is 1. The summed E-state index contributed by atoms with van der Waals surface area (Å²) >= 11 is 5.84. The van der Waals surface area contributed by atoms with E-state index in [2.05, 4.69) is 15.3 Å². The molecule has 2 N–H and O–H groups in total. The van der Waals surface area contributed by atoms with E-state index in [1.807, 2.05) is 0 Å². The number of carbonyl (C=O) groups excluding carboxylic acids is 1. The first kappa shape index (κ1) is 24.8. The van der Waals surface area contributed by atoms with Crippen LogP contribution in [-0.2, 0) is 0 Å². The van der Waals surface area contributed by atoms with E-state index in [1.54, 1.807) is 0 Å². The van der Waals surface area contributed by atoms with E-state index in [0.717, 1.165) is 18.3 Å². The second kappa shape index (κ2) is 9.59. The molecule has 178 valence electrons. The summed E-state index contributed by atoms with van der Waals surface area (Å²) < 4.78 is 71.9. The molecule has 13 heteroatoms. The molecule has 1 amide bonds. The molecule has 0 fully saturated rings. The maximum Gasteiger partial charge on any atom is 0.422 e. The van der Waals surface area contributed by atoms with Crippen molar-refractivity contribution >= 4 is 29.2 Å². The standard InChI is InChI=1S/C21H13ClF5N3O4/c1-9-17(20(32)33)29-15(7-28-9)10-6-16(34-8-21(25,26)27)11(5-14(10)24)19(31)30-18-12(22)3-2-4-13(18)23/h2-7H,8H2,1H3,(H,30,31)(H,32,33). The number of hydrogen-bond acceptors (Lipinski definition) is 5. The summed E-state index contributed by atoms with van der Waals surface area (Å²) in [5.74, 6) is -5.49. The zero-order valence-corrected chi connectivity index (χ0v) is 17.8. The van der Waals surface area contributed by atoms with Crippen molar-refractivity contribution in [3.8, 4) is 17.0 Å². The van der Waals surface area contributed by atoms with E-state index in [-0.39, 0.29) is 16.4 Å².